The summed E-state index contributed by atoms with van der Waals surface area (Å²) in [6, 6.07) is 22.3. The topological polar surface area (TPSA) is 171 Å². The van der Waals surface area contributed by atoms with E-state index >= 15 is 0 Å². The summed E-state index contributed by atoms with van der Waals surface area (Å²) in [5.41, 5.74) is 8.13. The Morgan fingerprint density at radius 1 is 0.865 bits per heavy atom. The Hall–Kier alpha value is -6.08. The highest BCUT2D eigenvalue weighted by Crippen LogP contribution is 2.39. The number of carbonyl (C=O) groups is 2. The Morgan fingerprint density at radius 2 is 1.60 bits per heavy atom. The molecule has 0 saturated carbocycles. The second kappa shape index (κ2) is 14.3. The first-order valence-electron chi connectivity index (χ1n) is 16.4. The number of aromatic nitrogens is 1. The van der Waals surface area contributed by atoms with Crippen molar-refractivity contribution in [3.05, 3.63) is 107 Å². The van der Waals surface area contributed by atoms with Crippen LogP contribution in [0.2, 0.25) is 0 Å². The van der Waals surface area contributed by atoms with Gasteiger partial charge in [0.2, 0.25) is 15.7 Å². The molecule has 0 unspecified atom stereocenters. The average molecular weight is 722 g/mol. The van der Waals surface area contributed by atoms with Crippen LogP contribution in [0.4, 0.5) is 27.7 Å². The van der Waals surface area contributed by atoms with Gasteiger partial charge in [-0.05, 0) is 47.4 Å². The number of sulfone groups is 1. The largest absolute Gasteiger partial charge is 0.497 e. The number of hydrogen-bond donors (Lipinski definition) is 4. The molecule has 1 aromatic heterocycles. The molecule has 0 spiro atoms. The van der Waals surface area contributed by atoms with Crippen molar-refractivity contribution in [3.8, 4) is 23.0 Å². The Kier molecular flexibility index (Phi) is 9.81. The SMILES string of the molecule is COc1cc(Nc2cc(Oc3ccc(NC(=O)Nc4cc(C(C)(C)C)cc(CC(N)=O)c4OC)c4ccccc34)ccn2)cc(S(=O)(=O)C2=CC2)c1. The molecule has 1 heterocycles. The van der Waals surface area contributed by atoms with Gasteiger partial charge in [-0.15, -0.1) is 0 Å². The van der Waals surface area contributed by atoms with E-state index in [9.17, 15) is 18.0 Å². The standard InChI is InChI=1S/C39H39N5O7S/c1-39(2,3)24-16-23(17-35(40)45)37(50-5)33(18-24)44-38(46)43-32-12-13-34(31-9-7-6-8-30(31)32)51-26-14-15-41-36(22-26)42-25-19-27(49-4)21-29(20-25)52(47,48)28-10-11-28/h6-10,12-16,18-22H,11,17H2,1-5H3,(H2,40,45)(H,41,42)(H2,43,44,46). The highest BCUT2D eigenvalue weighted by molar-refractivity contribution is 7.95. The summed E-state index contributed by atoms with van der Waals surface area (Å²) in [6.45, 7) is 6.10. The van der Waals surface area contributed by atoms with E-state index in [0.29, 0.717) is 62.8 Å². The van der Waals surface area contributed by atoms with Crippen LogP contribution in [0.25, 0.3) is 10.8 Å². The lowest BCUT2D eigenvalue weighted by atomic mass is 9.85. The van der Waals surface area contributed by atoms with Crippen LogP contribution in [0.15, 0.2) is 101 Å². The van der Waals surface area contributed by atoms with Gasteiger partial charge in [0.15, 0.2) is 0 Å². The summed E-state index contributed by atoms with van der Waals surface area (Å²) >= 11 is 0. The van der Waals surface area contributed by atoms with Crippen molar-refractivity contribution < 1.29 is 32.2 Å². The molecule has 1 aliphatic carbocycles. The summed E-state index contributed by atoms with van der Waals surface area (Å²) in [5.74, 6) is 1.65. The van der Waals surface area contributed by atoms with E-state index in [1.165, 1.54) is 20.3 Å². The van der Waals surface area contributed by atoms with Gasteiger partial charge in [-0.2, -0.15) is 0 Å². The van der Waals surface area contributed by atoms with Crippen LogP contribution in [-0.2, 0) is 26.5 Å². The maximum Gasteiger partial charge on any atom is 0.323 e. The zero-order valence-corrected chi connectivity index (χ0v) is 30.2. The van der Waals surface area contributed by atoms with Crippen LogP contribution < -0.4 is 35.9 Å². The molecule has 268 valence electrons. The second-order valence-corrected chi connectivity index (χ2v) is 15.2. The number of primary amides is 1. The summed E-state index contributed by atoms with van der Waals surface area (Å²) in [7, 11) is -0.631. The molecule has 3 amide bonds. The molecule has 1 aliphatic rings. The van der Waals surface area contributed by atoms with Crippen molar-refractivity contribution in [1.29, 1.82) is 0 Å². The van der Waals surface area contributed by atoms with Gasteiger partial charge < -0.3 is 35.9 Å². The molecule has 5 aromatic rings. The van der Waals surface area contributed by atoms with Gasteiger partial charge >= 0.3 is 6.03 Å². The van der Waals surface area contributed by atoms with Gasteiger partial charge in [0.05, 0.1) is 36.9 Å². The van der Waals surface area contributed by atoms with Crippen molar-refractivity contribution in [3.63, 3.8) is 0 Å². The van der Waals surface area contributed by atoms with E-state index in [2.05, 4.69) is 20.9 Å². The van der Waals surface area contributed by atoms with E-state index in [-0.39, 0.29) is 16.7 Å². The van der Waals surface area contributed by atoms with Crippen LogP contribution in [0.5, 0.6) is 23.0 Å². The number of nitrogens with one attached hydrogen (secondary N) is 3. The van der Waals surface area contributed by atoms with Crippen LogP contribution in [0, 0.1) is 0 Å². The van der Waals surface area contributed by atoms with E-state index in [0.717, 1.165) is 16.3 Å². The molecule has 6 rings (SSSR count). The average Bonchev–Trinajstić information content (AvgIpc) is 3.95. The summed E-state index contributed by atoms with van der Waals surface area (Å²) in [6.07, 6.45) is 3.64. The second-order valence-electron chi connectivity index (χ2n) is 13.2. The Morgan fingerprint density at radius 3 is 2.27 bits per heavy atom. The van der Waals surface area contributed by atoms with Gasteiger partial charge in [0.1, 0.15) is 28.8 Å². The number of methoxy groups -OCH3 is 2. The predicted molar refractivity (Wildman–Crippen MR) is 202 cm³/mol. The lowest BCUT2D eigenvalue weighted by molar-refractivity contribution is -0.117. The number of anilines is 4. The summed E-state index contributed by atoms with van der Waals surface area (Å²) in [5, 5.41) is 10.4. The quantitative estimate of drug-likeness (QED) is 0.100. The van der Waals surface area contributed by atoms with Crippen molar-refractivity contribution in [2.75, 3.05) is 30.2 Å². The van der Waals surface area contributed by atoms with Crippen molar-refractivity contribution in [2.24, 2.45) is 5.73 Å². The molecular weight excluding hydrogens is 683 g/mol. The molecule has 52 heavy (non-hydrogen) atoms. The molecule has 0 saturated heterocycles. The number of allylic oxidation sites excluding steroid dienone is 2. The number of benzene rings is 4. The fraction of sp³-hybridized carbons (Fsp3) is 0.205. The van der Waals surface area contributed by atoms with E-state index in [1.54, 1.807) is 48.7 Å². The zero-order chi connectivity index (χ0) is 37.2. The summed E-state index contributed by atoms with van der Waals surface area (Å²) in [4.78, 5) is 30.2. The van der Waals surface area contributed by atoms with Crippen molar-refractivity contribution >= 4 is 55.4 Å². The molecule has 13 heteroatoms. The maximum atomic E-state index is 13.4. The molecule has 12 nitrogen and oxygen atoms in total. The van der Waals surface area contributed by atoms with Crippen molar-refractivity contribution in [2.45, 2.75) is 43.9 Å². The third kappa shape index (κ3) is 7.94. The Labute approximate surface area is 301 Å². The molecule has 0 fully saturated rings. The highest BCUT2D eigenvalue weighted by Gasteiger charge is 2.28. The molecule has 4 aromatic carbocycles. The first-order valence-corrected chi connectivity index (χ1v) is 17.9. The number of pyridine rings is 1. The Balaban J connectivity index is 1.23. The lowest BCUT2D eigenvalue weighted by Crippen LogP contribution is -2.22. The molecule has 0 bridgehead atoms. The number of carbonyl (C=O) groups excluding carboxylic acids is 2. The monoisotopic (exact) mass is 721 g/mol. The normalized spacial score (nSPS) is 12.4. The van der Waals surface area contributed by atoms with Crippen LogP contribution in [0.1, 0.15) is 38.3 Å². The molecular formula is C39H39N5O7S. The van der Waals surface area contributed by atoms with E-state index in [4.69, 9.17) is 19.9 Å². The van der Waals surface area contributed by atoms with E-state index < -0.39 is 21.8 Å². The lowest BCUT2D eigenvalue weighted by Gasteiger charge is -2.23. The number of ether oxygens (including phenoxy) is 3. The molecule has 0 atom stereocenters. The van der Waals surface area contributed by atoms with Gasteiger partial charge in [-0.25, -0.2) is 18.2 Å². The predicted octanol–water partition coefficient (Wildman–Crippen LogP) is 7.82. The first kappa shape index (κ1) is 35.7. The third-order valence-electron chi connectivity index (χ3n) is 8.35. The van der Waals surface area contributed by atoms with Crippen molar-refractivity contribution in [1.82, 2.24) is 4.98 Å². The maximum absolute atomic E-state index is 13.4. The number of rotatable bonds is 12. The van der Waals surface area contributed by atoms with E-state index in [1.807, 2.05) is 57.2 Å². The van der Waals surface area contributed by atoms with Gasteiger partial charge in [-0.1, -0.05) is 57.2 Å². The molecule has 0 aliphatic heterocycles. The zero-order valence-electron chi connectivity index (χ0n) is 29.4. The molecule has 0 radical (unpaired) electrons. The van der Waals surface area contributed by atoms with Crippen LogP contribution in [-0.4, -0.2) is 39.6 Å². The smallest absolute Gasteiger partial charge is 0.323 e. The number of amides is 3. The highest BCUT2D eigenvalue weighted by atomic mass is 32.2. The number of nitrogens with two attached hydrogens (primary N) is 1. The minimum Gasteiger partial charge on any atom is -0.497 e. The Bertz CT molecular complexity index is 2350. The minimum atomic E-state index is -3.58. The number of fused-ring (bicyclic) bond motifs is 1. The third-order valence-corrected chi connectivity index (χ3v) is 10.2. The summed E-state index contributed by atoms with van der Waals surface area (Å²) < 4.78 is 43.0. The molecule has 5 N–H and O–H groups in total. The number of hydrogen-bond acceptors (Lipinski definition) is 9. The number of urea groups is 1. The fourth-order valence-electron chi connectivity index (χ4n) is 5.67. The van der Waals surface area contributed by atoms with Gasteiger partial charge in [-0.3, -0.25) is 4.79 Å². The number of nitrogens with zero attached hydrogens (tertiary/aromatic N) is 1. The van der Waals surface area contributed by atoms with Gasteiger partial charge in [0.25, 0.3) is 0 Å². The fourth-order valence-corrected chi connectivity index (χ4v) is 7.05. The van der Waals surface area contributed by atoms with Gasteiger partial charge in [0, 0.05) is 51.7 Å². The van der Waals surface area contributed by atoms with Crippen LogP contribution in [0.3, 0.4) is 0 Å². The first-order chi connectivity index (χ1) is 24.7. The van der Waals surface area contributed by atoms with Crippen LogP contribution >= 0.6 is 0 Å². The minimum absolute atomic E-state index is 0.0463.